The Hall–Kier alpha value is -2.48. The fraction of sp³-hybridized carbons (Fsp3) is 0.200. The van der Waals surface area contributed by atoms with E-state index in [1.165, 1.54) is 27.8 Å². The normalized spacial score (nSPS) is 10.7. The monoisotopic (exact) mass is 288 g/mol. The second-order valence-electron chi connectivity index (χ2n) is 5.60. The average Bonchev–Trinajstić information content (AvgIpc) is 2.55. The molecule has 2 aromatic heterocycles. The fourth-order valence-corrected chi connectivity index (χ4v) is 2.71. The zero-order valence-corrected chi connectivity index (χ0v) is 13.3. The van der Waals surface area contributed by atoms with Gasteiger partial charge >= 0.3 is 0 Å². The molecule has 0 bridgehead atoms. The quantitative estimate of drug-likeness (QED) is 0.678. The molecule has 0 N–H and O–H groups in total. The smallest absolute Gasteiger partial charge is 0.0373 e. The topological polar surface area (TPSA) is 25.8 Å². The predicted octanol–water partition coefficient (Wildman–Crippen LogP) is 4.99. The van der Waals surface area contributed by atoms with Gasteiger partial charge in [-0.2, -0.15) is 0 Å². The molecule has 0 fully saturated rings. The number of nitrogens with zero attached hydrogens (tertiary/aromatic N) is 2. The summed E-state index contributed by atoms with van der Waals surface area (Å²) in [5.74, 6) is 0. The highest BCUT2D eigenvalue weighted by Gasteiger charge is 2.09. The maximum atomic E-state index is 4.40. The molecule has 0 aliphatic rings. The van der Waals surface area contributed by atoms with Crippen LogP contribution in [0, 0.1) is 13.8 Å². The van der Waals surface area contributed by atoms with E-state index in [1.807, 2.05) is 25.5 Å². The summed E-state index contributed by atoms with van der Waals surface area (Å²) >= 11 is 0. The summed E-state index contributed by atoms with van der Waals surface area (Å²) in [7, 11) is 0. The van der Waals surface area contributed by atoms with Crippen LogP contribution in [0.25, 0.3) is 22.3 Å². The lowest BCUT2D eigenvalue weighted by Gasteiger charge is -2.12. The summed E-state index contributed by atoms with van der Waals surface area (Å²) in [5.41, 5.74) is 8.51. The Balaban J connectivity index is 2.08. The van der Waals surface area contributed by atoms with Gasteiger partial charge in [0.15, 0.2) is 0 Å². The van der Waals surface area contributed by atoms with Crippen LogP contribution in [0.2, 0.25) is 0 Å². The van der Waals surface area contributed by atoms with Crippen LogP contribution in [0.15, 0.2) is 55.0 Å². The van der Waals surface area contributed by atoms with Gasteiger partial charge in [0.1, 0.15) is 0 Å². The number of hydrogen-bond donors (Lipinski definition) is 0. The summed E-state index contributed by atoms with van der Waals surface area (Å²) in [6.07, 6.45) is 6.74. The van der Waals surface area contributed by atoms with Crippen molar-refractivity contribution in [2.24, 2.45) is 0 Å². The van der Waals surface area contributed by atoms with Crippen molar-refractivity contribution >= 4 is 0 Å². The van der Waals surface area contributed by atoms with E-state index in [0.29, 0.717) is 0 Å². The van der Waals surface area contributed by atoms with E-state index >= 15 is 0 Å². The number of pyridine rings is 2. The molecule has 0 saturated carbocycles. The summed E-state index contributed by atoms with van der Waals surface area (Å²) in [6.45, 7) is 6.34. The SMILES string of the molecule is CCc1cc(-c2ccc(C)nc2)ccc1-c1cnccc1C. The van der Waals surface area contributed by atoms with Gasteiger partial charge in [0.2, 0.25) is 0 Å². The van der Waals surface area contributed by atoms with Gasteiger partial charge < -0.3 is 0 Å². The lowest BCUT2D eigenvalue weighted by atomic mass is 9.93. The molecule has 0 aliphatic carbocycles. The minimum absolute atomic E-state index is 0.997. The van der Waals surface area contributed by atoms with E-state index < -0.39 is 0 Å². The van der Waals surface area contributed by atoms with Crippen molar-refractivity contribution in [3.63, 3.8) is 0 Å². The van der Waals surface area contributed by atoms with Gasteiger partial charge in [0.25, 0.3) is 0 Å². The van der Waals surface area contributed by atoms with Crippen LogP contribution < -0.4 is 0 Å². The minimum Gasteiger partial charge on any atom is -0.264 e. The van der Waals surface area contributed by atoms with Gasteiger partial charge in [0, 0.05) is 35.4 Å². The van der Waals surface area contributed by atoms with Crippen LogP contribution in [0.1, 0.15) is 23.7 Å². The van der Waals surface area contributed by atoms with Crippen molar-refractivity contribution in [3.8, 4) is 22.3 Å². The molecule has 0 unspecified atom stereocenters. The Morgan fingerprint density at radius 3 is 2.36 bits per heavy atom. The molecule has 2 heteroatoms. The number of aryl methyl sites for hydroxylation is 3. The summed E-state index contributed by atoms with van der Waals surface area (Å²) < 4.78 is 0. The summed E-state index contributed by atoms with van der Waals surface area (Å²) in [5, 5.41) is 0. The number of hydrogen-bond acceptors (Lipinski definition) is 2. The maximum absolute atomic E-state index is 4.40. The molecule has 3 aromatic rings. The molecule has 0 atom stereocenters. The van der Waals surface area contributed by atoms with Gasteiger partial charge in [-0.25, -0.2) is 0 Å². The predicted molar refractivity (Wildman–Crippen MR) is 91.8 cm³/mol. The zero-order chi connectivity index (χ0) is 15.5. The van der Waals surface area contributed by atoms with Crippen molar-refractivity contribution in [1.82, 2.24) is 9.97 Å². The van der Waals surface area contributed by atoms with E-state index in [1.54, 1.807) is 0 Å². The van der Waals surface area contributed by atoms with Crippen LogP contribution in [-0.4, -0.2) is 9.97 Å². The van der Waals surface area contributed by atoms with Gasteiger partial charge in [-0.15, -0.1) is 0 Å². The number of rotatable bonds is 3. The third-order valence-electron chi connectivity index (χ3n) is 4.06. The third-order valence-corrected chi connectivity index (χ3v) is 4.06. The second kappa shape index (κ2) is 6.10. The maximum Gasteiger partial charge on any atom is 0.0373 e. The van der Waals surface area contributed by atoms with Gasteiger partial charge in [-0.1, -0.05) is 31.2 Å². The molecule has 1 aromatic carbocycles. The fourth-order valence-electron chi connectivity index (χ4n) is 2.71. The molecular weight excluding hydrogens is 268 g/mol. The van der Waals surface area contributed by atoms with Crippen LogP contribution in [-0.2, 0) is 6.42 Å². The van der Waals surface area contributed by atoms with Crippen molar-refractivity contribution < 1.29 is 0 Å². The highest BCUT2D eigenvalue weighted by Crippen LogP contribution is 2.30. The molecule has 0 amide bonds. The number of benzene rings is 1. The second-order valence-corrected chi connectivity index (χ2v) is 5.60. The molecule has 2 nitrogen and oxygen atoms in total. The first kappa shape index (κ1) is 14.5. The molecule has 0 spiro atoms. The third kappa shape index (κ3) is 2.77. The molecule has 3 rings (SSSR count). The molecule has 22 heavy (non-hydrogen) atoms. The highest BCUT2D eigenvalue weighted by molar-refractivity contribution is 5.74. The summed E-state index contributed by atoms with van der Waals surface area (Å²) in [6, 6.07) is 12.9. The first-order valence-corrected chi connectivity index (χ1v) is 7.66. The van der Waals surface area contributed by atoms with Crippen LogP contribution in [0.4, 0.5) is 0 Å². The Bertz CT molecular complexity index is 789. The van der Waals surface area contributed by atoms with Crippen molar-refractivity contribution in [2.45, 2.75) is 27.2 Å². The van der Waals surface area contributed by atoms with E-state index in [2.05, 4.69) is 60.2 Å². The van der Waals surface area contributed by atoms with Crippen LogP contribution in [0.3, 0.4) is 0 Å². The van der Waals surface area contributed by atoms with E-state index in [0.717, 1.165) is 17.7 Å². The Labute approximate surface area is 131 Å². The first-order valence-electron chi connectivity index (χ1n) is 7.66. The summed E-state index contributed by atoms with van der Waals surface area (Å²) in [4.78, 5) is 8.67. The van der Waals surface area contributed by atoms with Crippen molar-refractivity contribution in [1.29, 1.82) is 0 Å². The molecule has 0 aliphatic heterocycles. The molecule has 2 heterocycles. The van der Waals surface area contributed by atoms with E-state index in [-0.39, 0.29) is 0 Å². The first-order chi connectivity index (χ1) is 10.7. The lowest BCUT2D eigenvalue weighted by Crippen LogP contribution is -1.93. The van der Waals surface area contributed by atoms with E-state index in [9.17, 15) is 0 Å². The molecule has 110 valence electrons. The number of aromatic nitrogens is 2. The molecule has 0 saturated heterocycles. The highest BCUT2D eigenvalue weighted by atomic mass is 14.7. The van der Waals surface area contributed by atoms with Crippen LogP contribution in [0.5, 0.6) is 0 Å². The minimum atomic E-state index is 0.997. The largest absolute Gasteiger partial charge is 0.264 e. The van der Waals surface area contributed by atoms with Gasteiger partial charge in [-0.3, -0.25) is 9.97 Å². The standard InChI is InChI=1S/C20H20N2/c1-4-16-11-17(18-6-5-15(3)22-12-18)7-8-19(16)20-13-21-10-9-14(20)2/h5-13H,4H2,1-3H3. The Morgan fingerprint density at radius 1 is 0.864 bits per heavy atom. The van der Waals surface area contributed by atoms with Gasteiger partial charge in [0.05, 0.1) is 0 Å². The zero-order valence-electron chi connectivity index (χ0n) is 13.3. The van der Waals surface area contributed by atoms with Crippen LogP contribution >= 0.6 is 0 Å². The van der Waals surface area contributed by atoms with Crippen molar-refractivity contribution in [3.05, 3.63) is 71.8 Å². The Kier molecular flexibility index (Phi) is 4.01. The lowest BCUT2D eigenvalue weighted by molar-refractivity contribution is 1.14. The van der Waals surface area contributed by atoms with Gasteiger partial charge in [-0.05, 0) is 54.7 Å². The molecular formula is C20H20N2. The Morgan fingerprint density at radius 2 is 1.68 bits per heavy atom. The van der Waals surface area contributed by atoms with E-state index in [4.69, 9.17) is 0 Å². The van der Waals surface area contributed by atoms with Crippen molar-refractivity contribution in [2.75, 3.05) is 0 Å². The molecule has 0 radical (unpaired) electrons. The average molecular weight is 288 g/mol.